The molecule has 5 rings (SSSR count). The second kappa shape index (κ2) is 6.45. The molecule has 7 heteroatoms. The number of nitrogens with one attached hydrogen (secondary N) is 1. The highest BCUT2D eigenvalue weighted by atomic mass is 35.5. The topological polar surface area (TPSA) is 67.6 Å². The molecule has 126 valence electrons. The highest BCUT2D eigenvalue weighted by Gasteiger charge is 2.34. The van der Waals surface area contributed by atoms with Gasteiger partial charge in [0, 0.05) is 18.2 Å². The molecular formula is C17H18ClN3O3. The smallest absolute Gasteiger partial charge is 0.400 e. The van der Waals surface area contributed by atoms with Crippen molar-refractivity contribution in [3.8, 4) is 11.8 Å². The first-order chi connectivity index (χ1) is 11.7. The summed E-state index contributed by atoms with van der Waals surface area (Å²) >= 11 is 5.65. The molecule has 1 aromatic heterocycles. The largest absolute Gasteiger partial charge is 0.411 e. The number of hydrogen-bond donors (Lipinski definition) is 1. The molecule has 1 atom stereocenters. The maximum Gasteiger partial charge on any atom is 0.400 e. The fourth-order valence-corrected chi connectivity index (χ4v) is 3.56. The number of fused-ring (bicyclic) bond motifs is 3. The molecule has 3 aliphatic rings. The molecule has 0 radical (unpaired) electrons. The van der Waals surface area contributed by atoms with Gasteiger partial charge in [-0.3, -0.25) is 4.79 Å². The van der Waals surface area contributed by atoms with Gasteiger partial charge in [-0.05, 0) is 67.7 Å². The predicted molar refractivity (Wildman–Crippen MR) is 88.4 cm³/mol. The zero-order chi connectivity index (χ0) is 16.5. The molecular weight excluding hydrogens is 330 g/mol. The fraction of sp³-hybridized carbons (Fsp3) is 0.412. The minimum atomic E-state index is -0.0422. The van der Waals surface area contributed by atoms with E-state index < -0.39 is 0 Å². The third-order valence-corrected chi connectivity index (χ3v) is 4.93. The van der Waals surface area contributed by atoms with Crippen molar-refractivity contribution in [2.24, 2.45) is 5.92 Å². The number of rotatable bonds is 4. The molecule has 4 heterocycles. The Morgan fingerprint density at radius 3 is 2.62 bits per heavy atom. The third-order valence-electron chi connectivity index (χ3n) is 4.75. The number of oxazole rings is 1. The van der Waals surface area contributed by atoms with Crippen molar-refractivity contribution < 1.29 is 13.9 Å². The quantitative estimate of drug-likeness (QED) is 0.921. The van der Waals surface area contributed by atoms with Crippen LogP contribution in [0.25, 0.3) is 0 Å². The van der Waals surface area contributed by atoms with Crippen LogP contribution in [0.3, 0.4) is 0 Å². The predicted octanol–water partition coefficient (Wildman–Crippen LogP) is 2.94. The van der Waals surface area contributed by atoms with Gasteiger partial charge in [-0.15, -0.1) is 0 Å². The van der Waals surface area contributed by atoms with E-state index in [1.54, 1.807) is 24.3 Å². The summed E-state index contributed by atoms with van der Waals surface area (Å²) in [5.74, 6) is 1.10. The Morgan fingerprint density at radius 1 is 1.29 bits per heavy atom. The standard InChI is InChI=1S/C17H18ClN3O3/c18-15-9-19-17(24-15)23-13-3-1-12(2-4-13)16(22)20-14-10-21-7-5-11(14)6-8-21/h1-4,9,11,14H,5-8,10H2,(H,20,22)/t14-/m0/s1. The van der Waals surface area contributed by atoms with Gasteiger partial charge in [-0.25, -0.2) is 0 Å². The average molecular weight is 348 g/mol. The third kappa shape index (κ3) is 3.25. The van der Waals surface area contributed by atoms with Crippen molar-refractivity contribution >= 4 is 17.5 Å². The van der Waals surface area contributed by atoms with Crippen LogP contribution in [0.4, 0.5) is 0 Å². The molecule has 0 unspecified atom stereocenters. The van der Waals surface area contributed by atoms with Gasteiger partial charge in [0.2, 0.25) is 5.22 Å². The van der Waals surface area contributed by atoms with E-state index in [0.29, 0.717) is 17.2 Å². The van der Waals surface area contributed by atoms with Crippen LogP contribution in [0.15, 0.2) is 34.9 Å². The van der Waals surface area contributed by atoms with Gasteiger partial charge in [-0.1, -0.05) is 0 Å². The second-order valence-corrected chi connectivity index (χ2v) is 6.65. The number of carbonyl (C=O) groups excluding carboxylic acids is 1. The molecule has 1 amide bonds. The van der Waals surface area contributed by atoms with Crippen molar-refractivity contribution in [3.05, 3.63) is 41.2 Å². The maximum absolute atomic E-state index is 12.4. The van der Waals surface area contributed by atoms with Crippen LogP contribution in [0.1, 0.15) is 23.2 Å². The Balaban J connectivity index is 1.38. The Morgan fingerprint density at radius 2 is 2.04 bits per heavy atom. The highest BCUT2D eigenvalue weighted by Crippen LogP contribution is 2.28. The van der Waals surface area contributed by atoms with Crippen molar-refractivity contribution in [1.29, 1.82) is 0 Å². The van der Waals surface area contributed by atoms with E-state index in [9.17, 15) is 4.79 Å². The second-order valence-electron chi connectivity index (χ2n) is 6.27. The summed E-state index contributed by atoms with van der Waals surface area (Å²) < 4.78 is 10.5. The van der Waals surface area contributed by atoms with Crippen LogP contribution in [0.2, 0.25) is 5.22 Å². The van der Waals surface area contributed by atoms with Crippen LogP contribution in [0, 0.1) is 5.92 Å². The molecule has 2 aromatic rings. The molecule has 2 bridgehead atoms. The molecule has 3 fully saturated rings. The lowest BCUT2D eigenvalue weighted by Crippen LogP contribution is -2.57. The van der Waals surface area contributed by atoms with Gasteiger partial charge in [0.15, 0.2) is 0 Å². The summed E-state index contributed by atoms with van der Waals surface area (Å²) in [6.07, 6.45) is 3.80. The van der Waals surface area contributed by atoms with Gasteiger partial charge in [-0.2, -0.15) is 4.98 Å². The molecule has 24 heavy (non-hydrogen) atoms. The Hall–Kier alpha value is -2.05. The number of benzene rings is 1. The number of piperidine rings is 3. The molecule has 3 saturated heterocycles. The number of amides is 1. The first-order valence-electron chi connectivity index (χ1n) is 8.10. The van der Waals surface area contributed by atoms with E-state index in [4.69, 9.17) is 20.8 Å². The monoisotopic (exact) mass is 347 g/mol. The molecule has 0 spiro atoms. The molecule has 0 saturated carbocycles. The van der Waals surface area contributed by atoms with Gasteiger partial charge >= 0.3 is 6.08 Å². The van der Waals surface area contributed by atoms with Gasteiger partial charge in [0.25, 0.3) is 5.91 Å². The zero-order valence-electron chi connectivity index (χ0n) is 13.1. The number of nitrogens with zero attached hydrogens (tertiary/aromatic N) is 2. The zero-order valence-corrected chi connectivity index (χ0v) is 13.8. The number of aromatic nitrogens is 1. The summed E-state index contributed by atoms with van der Waals surface area (Å²) in [5.41, 5.74) is 0.615. The van der Waals surface area contributed by atoms with E-state index in [1.807, 2.05) is 0 Å². The Kier molecular flexibility index (Phi) is 4.16. The molecule has 6 nitrogen and oxygen atoms in total. The Bertz CT molecular complexity index is 723. The average Bonchev–Trinajstić information content (AvgIpc) is 3.01. The van der Waals surface area contributed by atoms with E-state index >= 15 is 0 Å². The molecule has 1 aromatic carbocycles. The molecule has 3 aliphatic heterocycles. The molecule has 0 aliphatic carbocycles. The van der Waals surface area contributed by atoms with Crippen molar-refractivity contribution in [2.75, 3.05) is 19.6 Å². The van der Waals surface area contributed by atoms with Gasteiger partial charge in [0.1, 0.15) is 5.75 Å². The summed E-state index contributed by atoms with van der Waals surface area (Å²) in [4.78, 5) is 18.7. The number of ether oxygens (including phenoxy) is 1. The van der Waals surface area contributed by atoms with Crippen molar-refractivity contribution in [3.63, 3.8) is 0 Å². The van der Waals surface area contributed by atoms with Gasteiger partial charge in [0.05, 0.1) is 6.20 Å². The minimum absolute atomic E-state index is 0.0422. The van der Waals surface area contributed by atoms with Gasteiger partial charge < -0.3 is 19.4 Å². The summed E-state index contributed by atoms with van der Waals surface area (Å²) in [5, 5.41) is 3.33. The van der Waals surface area contributed by atoms with Crippen LogP contribution in [-0.4, -0.2) is 41.5 Å². The van der Waals surface area contributed by atoms with Crippen LogP contribution in [-0.2, 0) is 0 Å². The SMILES string of the molecule is O=C(N[C@H]1CN2CCC1CC2)c1ccc(Oc2ncc(Cl)o2)cc1. The number of halogens is 1. The van der Waals surface area contributed by atoms with Crippen LogP contribution in [0.5, 0.6) is 11.8 Å². The highest BCUT2D eigenvalue weighted by molar-refractivity contribution is 6.28. The maximum atomic E-state index is 12.4. The first-order valence-corrected chi connectivity index (χ1v) is 8.47. The van der Waals surface area contributed by atoms with Crippen LogP contribution < -0.4 is 10.1 Å². The molecule has 1 N–H and O–H groups in total. The lowest BCUT2D eigenvalue weighted by Gasteiger charge is -2.44. The van der Waals surface area contributed by atoms with E-state index in [1.165, 1.54) is 19.0 Å². The summed E-state index contributed by atoms with van der Waals surface area (Å²) in [6.45, 7) is 3.28. The minimum Gasteiger partial charge on any atom is -0.411 e. The normalized spacial score (nSPS) is 25.5. The Labute approximate surface area is 144 Å². The van der Waals surface area contributed by atoms with Crippen LogP contribution >= 0.6 is 11.6 Å². The number of hydrogen-bond acceptors (Lipinski definition) is 5. The first kappa shape index (κ1) is 15.5. The van der Waals surface area contributed by atoms with Crippen molar-refractivity contribution in [1.82, 2.24) is 15.2 Å². The summed E-state index contributed by atoms with van der Waals surface area (Å²) in [7, 11) is 0. The van der Waals surface area contributed by atoms with E-state index in [-0.39, 0.29) is 23.2 Å². The summed E-state index contributed by atoms with van der Waals surface area (Å²) in [6, 6.07) is 7.14. The lowest BCUT2D eigenvalue weighted by molar-refractivity contribution is 0.0620. The van der Waals surface area contributed by atoms with E-state index in [2.05, 4.69) is 15.2 Å². The van der Waals surface area contributed by atoms with E-state index in [0.717, 1.165) is 19.6 Å². The fourth-order valence-electron chi connectivity index (χ4n) is 3.44. The van der Waals surface area contributed by atoms with Crippen molar-refractivity contribution in [2.45, 2.75) is 18.9 Å². The lowest BCUT2D eigenvalue weighted by atomic mass is 9.84. The number of carbonyl (C=O) groups is 1.